The molecular weight excluding hydrogens is 1060 g/mol. The normalized spacial score (nSPS) is 39.9. The fraction of sp³-hybridized carbons (Fsp3) is 0.552. The lowest BCUT2D eigenvalue weighted by Gasteiger charge is -2.58. The average molecular weight is 1140 g/mol. The second kappa shape index (κ2) is 23.6. The molecule has 0 amide bonds. The van der Waals surface area contributed by atoms with Gasteiger partial charge < -0.3 is 57.6 Å². The molecule has 16 nitrogen and oxygen atoms in total. The van der Waals surface area contributed by atoms with Crippen LogP contribution in [0.4, 0.5) is 0 Å². The number of hydrogen-bond donors (Lipinski definition) is 2. The second-order valence-corrected chi connectivity index (χ2v) is 25.2. The number of aliphatic hydroxyl groups excluding tert-OH is 2. The van der Waals surface area contributed by atoms with E-state index < -0.39 is 104 Å². The maximum absolute atomic E-state index is 14.4. The van der Waals surface area contributed by atoms with Gasteiger partial charge in [-0.3, -0.25) is 0 Å². The van der Waals surface area contributed by atoms with Gasteiger partial charge >= 0.3 is 23.9 Å². The number of fused-ring (bicyclic) bond motifs is 7. The van der Waals surface area contributed by atoms with Gasteiger partial charge in [-0.25, -0.2) is 19.2 Å². The smallest absolute Gasteiger partial charge is 0.338 e. The van der Waals surface area contributed by atoms with E-state index in [1.807, 2.05) is 0 Å². The lowest BCUT2D eigenvalue weighted by molar-refractivity contribution is -0.367. The van der Waals surface area contributed by atoms with Crippen molar-refractivity contribution in [2.45, 2.75) is 172 Å². The van der Waals surface area contributed by atoms with E-state index in [4.69, 9.17) is 47.4 Å². The van der Waals surface area contributed by atoms with Gasteiger partial charge in [-0.15, -0.1) is 0 Å². The molecule has 83 heavy (non-hydrogen) atoms. The third-order valence-electron chi connectivity index (χ3n) is 20.5. The standard InChI is InChI=1S/C67H78O16/c1-38-28-33-67(74-37-38)39(2)52-50(83-67)35-49-47-27-26-45-34-46(29-31-65(45,4)48(47)30-32-66(49,52)5)76-64-57(55(53(69)51(36-68)77-64)79-60(71)42-20-12-7-13-21-42)82-63-58(81-62(73)44-24-16-9-17-25-44)56(80-61(72)43-22-14-8-15-23-43)54(40(3)75-63)78-59(70)41-18-10-6-11-19-41/h6-26,38-40,46-58,63-64,68-69H,27-37H2,1-5H3/t38-,39+,40?,46+,47-,48+,49+,50+,51?,52+,53-,54+,55?,56?,57+,58+,63+,64-,65+,66+,67-/m1/s1. The quantitative estimate of drug-likeness (QED) is 0.0727. The van der Waals surface area contributed by atoms with Crippen LogP contribution < -0.4 is 0 Å². The van der Waals surface area contributed by atoms with Crippen LogP contribution in [-0.4, -0.2) is 127 Å². The molecule has 4 aliphatic heterocycles. The summed E-state index contributed by atoms with van der Waals surface area (Å²) < 4.78 is 65.8. The van der Waals surface area contributed by atoms with Crippen molar-refractivity contribution < 1.29 is 76.8 Å². The highest BCUT2D eigenvalue weighted by atomic mass is 16.8. The molecule has 442 valence electrons. The molecule has 4 aliphatic carbocycles. The Hall–Kier alpha value is -5.82. The highest BCUT2D eigenvalue weighted by molar-refractivity contribution is 5.91. The van der Waals surface area contributed by atoms with Crippen molar-refractivity contribution in [1.82, 2.24) is 0 Å². The minimum Gasteiger partial charge on any atom is -0.453 e. The van der Waals surface area contributed by atoms with Gasteiger partial charge in [0.25, 0.3) is 0 Å². The fourth-order valence-electron chi connectivity index (χ4n) is 16.1. The van der Waals surface area contributed by atoms with Crippen molar-refractivity contribution in [2.75, 3.05) is 13.2 Å². The SMILES string of the molecule is CC1O[C@@H](O[C@H]2C(OC(=O)c3ccccc3)[C@H](O)C(CO)O[C@H]2O[C@H]2CC[C@@]3(C)C(=CC[C@H]4[C@@H]5C[C@@H]6O[C@]7(CC[C@@H](C)CO7)[C@@H](C)[C@@H]6[C@@]5(C)CC[C@@H]43)C2)[C@@H](OC(=O)c2ccccc2)C(OC(=O)c2ccccc2)[C@H]1OC(=O)c1ccccc1. The van der Waals surface area contributed by atoms with E-state index in [1.54, 1.807) is 128 Å². The summed E-state index contributed by atoms with van der Waals surface area (Å²) in [5.41, 5.74) is 2.05. The Morgan fingerprint density at radius 2 is 1.14 bits per heavy atom. The van der Waals surface area contributed by atoms with Crippen molar-refractivity contribution in [2.24, 2.45) is 46.3 Å². The van der Waals surface area contributed by atoms with Crippen LogP contribution in [-0.2, 0) is 47.4 Å². The van der Waals surface area contributed by atoms with Crippen LogP contribution in [0.2, 0.25) is 0 Å². The van der Waals surface area contributed by atoms with E-state index in [1.165, 1.54) is 5.57 Å². The van der Waals surface area contributed by atoms with Crippen LogP contribution in [0.5, 0.6) is 0 Å². The molecule has 4 aromatic carbocycles. The molecule has 1 spiro atoms. The molecular formula is C67H78O16. The number of carbonyl (C=O) groups is 4. The van der Waals surface area contributed by atoms with E-state index in [0.29, 0.717) is 48.3 Å². The maximum Gasteiger partial charge on any atom is 0.338 e. The van der Waals surface area contributed by atoms with Gasteiger partial charge in [-0.05, 0) is 147 Å². The number of benzene rings is 4. The molecule has 2 N–H and O–H groups in total. The molecule has 4 heterocycles. The Bertz CT molecular complexity index is 2970. The topological polar surface area (TPSA) is 201 Å². The summed E-state index contributed by atoms with van der Waals surface area (Å²) >= 11 is 0. The first kappa shape index (κ1) is 57.6. The molecule has 4 saturated heterocycles. The Morgan fingerprint density at radius 3 is 1.70 bits per heavy atom. The molecule has 0 radical (unpaired) electrons. The van der Waals surface area contributed by atoms with Crippen molar-refractivity contribution in [3.63, 3.8) is 0 Å². The van der Waals surface area contributed by atoms with Gasteiger partial charge in [0, 0.05) is 12.3 Å². The number of aliphatic hydroxyl groups is 2. The number of carbonyl (C=O) groups excluding carboxylic acids is 4. The van der Waals surface area contributed by atoms with Gasteiger partial charge in [0.1, 0.15) is 12.2 Å². The first-order valence-corrected chi connectivity index (χ1v) is 30.0. The van der Waals surface area contributed by atoms with E-state index in [2.05, 4.69) is 33.8 Å². The largest absolute Gasteiger partial charge is 0.453 e. The summed E-state index contributed by atoms with van der Waals surface area (Å²) in [6.07, 6.45) is -4.52. The lowest BCUT2D eigenvalue weighted by Crippen LogP contribution is -2.66. The molecule has 16 heteroatoms. The van der Waals surface area contributed by atoms with E-state index in [0.717, 1.165) is 51.6 Å². The fourth-order valence-corrected chi connectivity index (χ4v) is 16.1. The van der Waals surface area contributed by atoms with E-state index in [-0.39, 0.29) is 39.2 Å². The highest BCUT2D eigenvalue weighted by Gasteiger charge is 2.69. The van der Waals surface area contributed by atoms with Crippen LogP contribution in [0.1, 0.15) is 134 Å². The molecule has 0 bridgehead atoms. The van der Waals surface area contributed by atoms with Crippen LogP contribution in [0, 0.1) is 46.3 Å². The van der Waals surface area contributed by atoms with Gasteiger partial charge in [-0.2, -0.15) is 0 Å². The summed E-state index contributed by atoms with van der Waals surface area (Å²) in [7, 11) is 0. The molecule has 0 aromatic heterocycles. The summed E-state index contributed by atoms with van der Waals surface area (Å²) in [6, 6.07) is 32.8. The summed E-state index contributed by atoms with van der Waals surface area (Å²) in [5, 5.41) is 23.0. The minimum atomic E-state index is -1.70. The summed E-state index contributed by atoms with van der Waals surface area (Å²) in [4.78, 5) is 56.7. The van der Waals surface area contributed by atoms with Crippen LogP contribution in [0.25, 0.3) is 0 Å². The molecule has 7 fully saturated rings. The monoisotopic (exact) mass is 1140 g/mol. The number of hydrogen-bond acceptors (Lipinski definition) is 16. The average Bonchev–Trinajstić information content (AvgIpc) is 4.00. The van der Waals surface area contributed by atoms with Crippen molar-refractivity contribution >= 4 is 23.9 Å². The van der Waals surface area contributed by atoms with E-state index in [9.17, 15) is 29.4 Å². The molecule has 4 aromatic rings. The number of rotatable bonds is 13. The number of esters is 4. The lowest BCUT2D eigenvalue weighted by atomic mass is 9.47. The Kier molecular flexibility index (Phi) is 16.4. The molecule has 4 unspecified atom stereocenters. The van der Waals surface area contributed by atoms with Crippen LogP contribution in [0.3, 0.4) is 0 Å². The number of allylic oxidation sites excluding steroid dienone is 1. The summed E-state index contributed by atoms with van der Waals surface area (Å²) in [6.45, 7) is 11.3. The second-order valence-electron chi connectivity index (χ2n) is 25.2. The Morgan fingerprint density at radius 1 is 0.602 bits per heavy atom. The third-order valence-corrected chi connectivity index (χ3v) is 20.5. The van der Waals surface area contributed by atoms with Gasteiger partial charge in [-0.1, -0.05) is 112 Å². The molecule has 21 atom stereocenters. The van der Waals surface area contributed by atoms with Gasteiger partial charge in [0.2, 0.25) is 0 Å². The zero-order chi connectivity index (χ0) is 57.8. The first-order chi connectivity index (χ1) is 40.1. The minimum absolute atomic E-state index is 0.0896. The van der Waals surface area contributed by atoms with Gasteiger partial charge in [0.15, 0.2) is 48.9 Å². The zero-order valence-corrected chi connectivity index (χ0v) is 47.9. The van der Waals surface area contributed by atoms with Crippen LogP contribution in [0.15, 0.2) is 133 Å². The molecule has 3 saturated carbocycles. The number of ether oxygens (including phenoxy) is 10. The molecule has 8 aliphatic rings. The maximum atomic E-state index is 14.4. The first-order valence-electron chi connectivity index (χ1n) is 30.0. The highest BCUT2D eigenvalue weighted by Crippen LogP contribution is 2.71. The third kappa shape index (κ3) is 10.9. The predicted molar refractivity (Wildman–Crippen MR) is 300 cm³/mol. The van der Waals surface area contributed by atoms with E-state index >= 15 is 0 Å². The predicted octanol–water partition coefficient (Wildman–Crippen LogP) is 9.85. The Balaban J connectivity index is 0.853. The van der Waals surface area contributed by atoms with Crippen molar-refractivity contribution in [1.29, 1.82) is 0 Å². The molecule has 12 rings (SSSR count). The van der Waals surface area contributed by atoms with Gasteiger partial charge in [0.05, 0.1) is 53.8 Å². The van der Waals surface area contributed by atoms with Crippen molar-refractivity contribution in [3.05, 3.63) is 155 Å². The summed E-state index contributed by atoms with van der Waals surface area (Å²) in [5.74, 6) is -0.899. The zero-order valence-electron chi connectivity index (χ0n) is 47.9. The van der Waals surface area contributed by atoms with Crippen molar-refractivity contribution in [3.8, 4) is 0 Å². The van der Waals surface area contributed by atoms with Crippen LogP contribution >= 0.6 is 0 Å². The Labute approximate surface area is 485 Å².